The van der Waals surface area contributed by atoms with E-state index in [9.17, 15) is 0 Å². The molecule has 4 heteroatoms. The van der Waals surface area contributed by atoms with E-state index in [0.29, 0.717) is 11.0 Å². The van der Waals surface area contributed by atoms with Crippen LogP contribution in [0.1, 0.15) is 31.4 Å². The Morgan fingerprint density at radius 1 is 1.35 bits per heavy atom. The standard InChI is InChI=1S/C13H17N3S/c14-13(17)11-2-1-3-12(15-11)16(10-6-7-10)8-9-4-5-9/h1-3,9-10H,4-8H2,(H2,14,17). The van der Waals surface area contributed by atoms with E-state index in [0.717, 1.165) is 24.0 Å². The van der Waals surface area contributed by atoms with Crippen LogP contribution in [0.25, 0.3) is 0 Å². The van der Waals surface area contributed by atoms with Crippen LogP contribution in [0.4, 0.5) is 5.82 Å². The molecular formula is C13H17N3S. The van der Waals surface area contributed by atoms with Crippen LogP contribution in [0.3, 0.4) is 0 Å². The second-order valence-corrected chi connectivity index (χ2v) is 5.51. The number of aromatic nitrogens is 1. The zero-order chi connectivity index (χ0) is 11.8. The number of nitrogens with zero attached hydrogens (tertiary/aromatic N) is 2. The van der Waals surface area contributed by atoms with Crippen LogP contribution in [0.15, 0.2) is 18.2 Å². The first-order valence-corrected chi connectivity index (χ1v) is 6.68. The van der Waals surface area contributed by atoms with Gasteiger partial charge in [-0.1, -0.05) is 18.3 Å². The topological polar surface area (TPSA) is 42.1 Å². The van der Waals surface area contributed by atoms with E-state index in [1.807, 2.05) is 12.1 Å². The summed E-state index contributed by atoms with van der Waals surface area (Å²) >= 11 is 4.99. The van der Waals surface area contributed by atoms with Crippen molar-refractivity contribution in [2.24, 2.45) is 11.7 Å². The lowest BCUT2D eigenvalue weighted by atomic mass is 10.3. The number of anilines is 1. The van der Waals surface area contributed by atoms with Crippen LogP contribution in [0.2, 0.25) is 0 Å². The summed E-state index contributed by atoms with van der Waals surface area (Å²) in [7, 11) is 0. The van der Waals surface area contributed by atoms with Gasteiger partial charge in [-0.25, -0.2) is 4.98 Å². The number of hydrogen-bond acceptors (Lipinski definition) is 3. The molecule has 0 spiro atoms. The molecule has 0 bridgehead atoms. The predicted octanol–water partition coefficient (Wildman–Crippen LogP) is 2.09. The Balaban J connectivity index is 1.83. The lowest BCUT2D eigenvalue weighted by Crippen LogP contribution is -2.29. The maximum Gasteiger partial charge on any atom is 0.129 e. The molecule has 17 heavy (non-hydrogen) atoms. The minimum absolute atomic E-state index is 0.383. The maximum atomic E-state index is 5.64. The Labute approximate surface area is 107 Å². The highest BCUT2D eigenvalue weighted by Crippen LogP contribution is 2.36. The molecule has 2 aliphatic rings. The molecule has 1 heterocycles. The molecule has 0 unspecified atom stereocenters. The average Bonchev–Trinajstić information content (AvgIpc) is 3.18. The van der Waals surface area contributed by atoms with Gasteiger partial charge in [-0.15, -0.1) is 0 Å². The van der Waals surface area contributed by atoms with Gasteiger partial charge in [-0.3, -0.25) is 0 Å². The quantitative estimate of drug-likeness (QED) is 0.809. The summed E-state index contributed by atoms with van der Waals surface area (Å²) in [4.78, 5) is 7.40. The van der Waals surface area contributed by atoms with Gasteiger partial charge in [0.25, 0.3) is 0 Å². The molecule has 0 radical (unpaired) electrons. The fraction of sp³-hybridized carbons (Fsp3) is 0.538. The lowest BCUT2D eigenvalue weighted by molar-refractivity contribution is 0.709. The molecule has 1 aromatic heterocycles. The fourth-order valence-corrected chi connectivity index (χ4v) is 2.23. The van der Waals surface area contributed by atoms with Crippen LogP contribution in [0, 0.1) is 5.92 Å². The molecule has 3 rings (SSSR count). The van der Waals surface area contributed by atoms with Gasteiger partial charge in [0.15, 0.2) is 0 Å². The van der Waals surface area contributed by atoms with E-state index < -0.39 is 0 Å². The van der Waals surface area contributed by atoms with Crippen LogP contribution in [0.5, 0.6) is 0 Å². The first-order chi connectivity index (χ1) is 8.24. The molecule has 0 aromatic carbocycles. The minimum atomic E-state index is 0.383. The van der Waals surface area contributed by atoms with E-state index in [1.54, 1.807) is 0 Å². The van der Waals surface area contributed by atoms with Crippen molar-refractivity contribution in [3.8, 4) is 0 Å². The Morgan fingerprint density at radius 3 is 2.71 bits per heavy atom. The van der Waals surface area contributed by atoms with Gasteiger partial charge in [0.1, 0.15) is 10.8 Å². The second kappa shape index (κ2) is 4.26. The first-order valence-electron chi connectivity index (χ1n) is 6.27. The Hall–Kier alpha value is -1.16. The predicted molar refractivity (Wildman–Crippen MR) is 73.2 cm³/mol. The van der Waals surface area contributed by atoms with E-state index in [2.05, 4.69) is 16.0 Å². The summed E-state index contributed by atoms with van der Waals surface area (Å²) in [6.07, 6.45) is 5.34. The normalized spacial score (nSPS) is 19.1. The molecule has 0 atom stereocenters. The first kappa shape index (κ1) is 11.0. The number of thiocarbonyl (C=S) groups is 1. The van der Waals surface area contributed by atoms with Crippen LogP contribution in [-0.2, 0) is 0 Å². The molecule has 2 fully saturated rings. The molecule has 3 nitrogen and oxygen atoms in total. The van der Waals surface area contributed by atoms with Crippen molar-refractivity contribution in [3.05, 3.63) is 23.9 Å². The summed E-state index contributed by atoms with van der Waals surface area (Å²) in [5, 5.41) is 0. The summed E-state index contributed by atoms with van der Waals surface area (Å²) in [6.45, 7) is 1.15. The van der Waals surface area contributed by atoms with Crippen molar-refractivity contribution >= 4 is 23.0 Å². The third-order valence-electron chi connectivity index (χ3n) is 3.42. The van der Waals surface area contributed by atoms with Crippen molar-refractivity contribution in [2.45, 2.75) is 31.7 Å². The monoisotopic (exact) mass is 247 g/mol. The van der Waals surface area contributed by atoms with E-state index in [1.165, 1.54) is 25.7 Å². The molecule has 2 aliphatic carbocycles. The molecule has 2 saturated carbocycles. The van der Waals surface area contributed by atoms with Crippen molar-refractivity contribution in [1.82, 2.24) is 4.98 Å². The van der Waals surface area contributed by atoms with Gasteiger partial charge in [-0.2, -0.15) is 0 Å². The highest BCUT2D eigenvalue weighted by molar-refractivity contribution is 7.80. The summed E-state index contributed by atoms with van der Waals surface area (Å²) < 4.78 is 0. The molecular weight excluding hydrogens is 230 g/mol. The van der Waals surface area contributed by atoms with Crippen molar-refractivity contribution in [3.63, 3.8) is 0 Å². The Bertz CT molecular complexity index is 438. The SMILES string of the molecule is NC(=S)c1cccc(N(CC2CC2)C2CC2)n1. The lowest BCUT2D eigenvalue weighted by Gasteiger charge is -2.23. The minimum Gasteiger partial charge on any atom is -0.388 e. The number of rotatable bonds is 5. The number of hydrogen-bond donors (Lipinski definition) is 1. The molecule has 0 saturated heterocycles. The fourth-order valence-electron chi connectivity index (χ4n) is 2.11. The molecule has 1 aromatic rings. The number of nitrogens with two attached hydrogens (primary N) is 1. The van der Waals surface area contributed by atoms with Crippen LogP contribution >= 0.6 is 12.2 Å². The smallest absolute Gasteiger partial charge is 0.129 e. The van der Waals surface area contributed by atoms with Gasteiger partial charge < -0.3 is 10.6 Å². The Morgan fingerprint density at radius 2 is 2.12 bits per heavy atom. The van der Waals surface area contributed by atoms with Gasteiger partial charge in [0.2, 0.25) is 0 Å². The highest BCUT2D eigenvalue weighted by Gasteiger charge is 2.34. The van der Waals surface area contributed by atoms with Crippen molar-refractivity contribution in [1.29, 1.82) is 0 Å². The average molecular weight is 247 g/mol. The van der Waals surface area contributed by atoms with Crippen LogP contribution < -0.4 is 10.6 Å². The van der Waals surface area contributed by atoms with E-state index in [-0.39, 0.29) is 0 Å². The number of pyridine rings is 1. The highest BCUT2D eigenvalue weighted by atomic mass is 32.1. The van der Waals surface area contributed by atoms with Crippen molar-refractivity contribution in [2.75, 3.05) is 11.4 Å². The maximum absolute atomic E-state index is 5.64. The Kier molecular flexibility index (Phi) is 2.74. The van der Waals surface area contributed by atoms with Crippen molar-refractivity contribution < 1.29 is 0 Å². The zero-order valence-electron chi connectivity index (χ0n) is 9.80. The van der Waals surface area contributed by atoms with Gasteiger partial charge >= 0.3 is 0 Å². The van der Waals surface area contributed by atoms with Gasteiger partial charge in [-0.05, 0) is 43.7 Å². The molecule has 90 valence electrons. The zero-order valence-corrected chi connectivity index (χ0v) is 10.6. The molecule has 0 aliphatic heterocycles. The van der Waals surface area contributed by atoms with Gasteiger partial charge in [0, 0.05) is 12.6 Å². The second-order valence-electron chi connectivity index (χ2n) is 5.07. The van der Waals surface area contributed by atoms with E-state index in [4.69, 9.17) is 18.0 Å². The third-order valence-corrected chi connectivity index (χ3v) is 3.63. The largest absolute Gasteiger partial charge is 0.388 e. The summed E-state index contributed by atoms with van der Waals surface area (Å²) in [6, 6.07) is 6.65. The van der Waals surface area contributed by atoms with Crippen LogP contribution in [-0.4, -0.2) is 22.6 Å². The van der Waals surface area contributed by atoms with Gasteiger partial charge in [0.05, 0.1) is 5.69 Å². The third kappa shape index (κ3) is 2.57. The summed E-state index contributed by atoms with van der Waals surface area (Å²) in [5.41, 5.74) is 6.37. The molecule has 2 N–H and O–H groups in total. The van der Waals surface area contributed by atoms with E-state index >= 15 is 0 Å². The molecule has 0 amide bonds. The summed E-state index contributed by atoms with van der Waals surface area (Å²) in [5.74, 6) is 1.93.